The quantitative estimate of drug-likeness (QED) is 0.649. The standard InChI is InChI=1S/C5H8N2O.ClH/c1-4(6)5-2-7-3-8-5;/h2-4H,6H2,1H3;1H/t4-;/m1./s1. The summed E-state index contributed by atoms with van der Waals surface area (Å²) in [5.74, 6) is 0.727. The van der Waals surface area contributed by atoms with Gasteiger partial charge in [-0.3, -0.25) is 0 Å². The van der Waals surface area contributed by atoms with Crippen molar-refractivity contribution in [2.75, 3.05) is 0 Å². The minimum Gasteiger partial charge on any atom is -0.447 e. The van der Waals surface area contributed by atoms with E-state index >= 15 is 0 Å². The summed E-state index contributed by atoms with van der Waals surface area (Å²) < 4.78 is 4.86. The van der Waals surface area contributed by atoms with Crippen molar-refractivity contribution in [3.8, 4) is 0 Å². The molecule has 1 aromatic rings. The van der Waals surface area contributed by atoms with Crippen molar-refractivity contribution in [2.45, 2.75) is 13.0 Å². The summed E-state index contributed by atoms with van der Waals surface area (Å²) >= 11 is 0. The van der Waals surface area contributed by atoms with Crippen molar-refractivity contribution >= 4 is 12.4 Å². The third-order valence-corrected chi connectivity index (χ3v) is 0.900. The molecular weight excluding hydrogens is 140 g/mol. The Labute approximate surface area is 59.7 Å². The molecule has 0 spiro atoms. The maximum Gasteiger partial charge on any atom is 0.180 e. The first-order valence-corrected chi connectivity index (χ1v) is 2.44. The van der Waals surface area contributed by atoms with Crippen LogP contribution in [0, 0.1) is 0 Å². The molecule has 1 rings (SSSR count). The first-order valence-electron chi connectivity index (χ1n) is 2.44. The van der Waals surface area contributed by atoms with Gasteiger partial charge in [-0.1, -0.05) is 0 Å². The van der Waals surface area contributed by atoms with Crippen LogP contribution in [-0.4, -0.2) is 4.98 Å². The van der Waals surface area contributed by atoms with Crippen LogP contribution in [0.2, 0.25) is 0 Å². The summed E-state index contributed by atoms with van der Waals surface area (Å²) in [6.45, 7) is 1.85. The Bertz CT molecular complexity index is 150. The average Bonchev–Trinajstić information content (AvgIpc) is 2.12. The molecule has 0 aromatic carbocycles. The molecule has 1 aromatic heterocycles. The smallest absolute Gasteiger partial charge is 0.180 e. The molecule has 0 unspecified atom stereocenters. The highest BCUT2D eigenvalue weighted by Gasteiger charge is 1.99. The molecule has 0 saturated carbocycles. The van der Waals surface area contributed by atoms with Gasteiger partial charge < -0.3 is 10.2 Å². The molecule has 0 bridgehead atoms. The molecule has 3 nitrogen and oxygen atoms in total. The van der Waals surface area contributed by atoms with Crippen molar-refractivity contribution in [3.63, 3.8) is 0 Å². The molecule has 0 amide bonds. The van der Waals surface area contributed by atoms with Crippen molar-refractivity contribution in [2.24, 2.45) is 5.73 Å². The normalized spacial score (nSPS) is 12.2. The zero-order valence-electron chi connectivity index (χ0n) is 5.07. The molecule has 0 aliphatic carbocycles. The average molecular weight is 149 g/mol. The van der Waals surface area contributed by atoms with Crippen LogP contribution in [0.25, 0.3) is 0 Å². The summed E-state index contributed by atoms with van der Waals surface area (Å²) in [4.78, 5) is 3.70. The monoisotopic (exact) mass is 148 g/mol. The van der Waals surface area contributed by atoms with Gasteiger partial charge in [0.15, 0.2) is 6.39 Å². The Kier molecular flexibility index (Phi) is 3.27. The van der Waals surface area contributed by atoms with E-state index in [0.717, 1.165) is 5.76 Å². The van der Waals surface area contributed by atoms with Gasteiger partial charge in [0.2, 0.25) is 0 Å². The summed E-state index contributed by atoms with van der Waals surface area (Å²) in [6.07, 6.45) is 2.99. The molecule has 4 heteroatoms. The van der Waals surface area contributed by atoms with Gasteiger partial charge >= 0.3 is 0 Å². The second-order valence-corrected chi connectivity index (χ2v) is 1.69. The number of hydrogen-bond donors (Lipinski definition) is 1. The van der Waals surface area contributed by atoms with Crippen LogP contribution in [-0.2, 0) is 0 Å². The fraction of sp³-hybridized carbons (Fsp3) is 0.400. The van der Waals surface area contributed by atoms with Crippen LogP contribution in [0.15, 0.2) is 17.0 Å². The van der Waals surface area contributed by atoms with Crippen molar-refractivity contribution in [1.82, 2.24) is 4.98 Å². The molecule has 0 saturated heterocycles. The molecule has 0 aliphatic rings. The van der Waals surface area contributed by atoms with Crippen molar-refractivity contribution < 1.29 is 4.42 Å². The topological polar surface area (TPSA) is 52.0 Å². The molecule has 52 valence electrons. The molecule has 2 N–H and O–H groups in total. The predicted octanol–water partition coefficient (Wildman–Crippen LogP) is 1.12. The highest BCUT2D eigenvalue weighted by molar-refractivity contribution is 5.85. The first-order chi connectivity index (χ1) is 3.80. The first kappa shape index (κ1) is 8.46. The van der Waals surface area contributed by atoms with E-state index in [0.29, 0.717) is 0 Å². The van der Waals surface area contributed by atoms with Crippen molar-refractivity contribution in [3.05, 3.63) is 18.4 Å². The van der Waals surface area contributed by atoms with E-state index in [1.54, 1.807) is 6.20 Å². The number of halogens is 1. The highest BCUT2D eigenvalue weighted by atomic mass is 35.5. The Balaban J connectivity index is 0.000000640. The van der Waals surface area contributed by atoms with E-state index in [1.807, 2.05) is 6.92 Å². The fourth-order valence-electron chi connectivity index (χ4n) is 0.451. The Morgan fingerprint density at radius 2 is 2.44 bits per heavy atom. The third kappa shape index (κ3) is 2.03. The molecular formula is C5H9ClN2O. The number of oxazole rings is 1. The number of nitrogens with two attached hydrogens (primary N) is 1. The van der Waals surface area contributed by atoms with Gasteiger partial charge in [-0.25, -0.2) is 4.98 Å². The molecule has 1 atom stereocenters. The Morgan fingerprint density at radius 1 is 1.78 bits per heavy atom. The maximum absolute atomic E-state index is 5.42. The molecule has 0 radical (unpaired) electrons. The number of aromatic nitrogens is 1. The second kappa shape index (κ2) is 3.48. The van der Waals surface area contributed by atoms with E-state index in [4.69, 9.17) is 10.2 Å². The minimum absolute atomic E-state index is 0. The molecule has 0 aliphatic heterocycles. The summed E-state index contributed by atoms with van der Waals surface area (Å²) in [6, 6.07) is -0.0440. The van der Waals surface area contributed by atoms with E-state index in [-0.39, 0.29) is 18.4 Å². The summed E-state index contributed by atoms with van der Waals surface area (Å²) in [7, 11) is 0. The lowest BCUT2D eigenvalue weighted by Gasteiger charge is -1.94. The number of hydrogen-bond acceptors (Lipinski definition) is 3. The van der Waals surface area contributed by atoms with Crippen molar-refractivity contribution in [1.29, 1.82) is 0 Å². The number of rotatable bonds is 1. The van der Waals surface area contributed by atoms with Crippen LogP contribution in [0.4, 0.5) is 0 Å². The van der Waals surface area contributed by atoms with Gasteiger partial charge in [0.25, 0.3) is 0 Å². The van der Waals surface area contributed by atoms with Crippen LogP contribution < -0.4 is 5.73 Å². The van der Waals surface area contributed by atoms with E-state index in [9.17, 15) is 0 Å². The van der Waals surface area contributed by atoms with Gasteiger partial charge in [0, 0.05) is 0 Å². The lowest BCUT2D eigenvalue weighted by molar-refractivity contribution is 0.475. The highest BCUT2D eigenvalue weighted by Crippen LogP contribution is 2.05. The lowest BCUT2D eigenvalue weighted by Crippen LogP contribution is -2.02. The van der Waals surface area contributed by atoms with Crippen LogP contribution in [0.1, 0.15) is 18.7 Å². The molecule has 0 fully saturated rings. The largest absolute Gasteiger partial charge is 0.447 e. The van der Waals surface area contributed by atoms with Gasteiger partial charge in [0.1, 0.15) is 5.76 Å². The lowest BCUT2D eigenvalue weighted by atomic mass is 10.3. The molecule has 1 heterocycles. The van der Waals surface area contributed by atoms with Gasteiger partial charge in [-0.2, -0.15) is 0 Å². The van der Waals surface area contributed by atoms with Crippen LogP contribution in [0.5, 0.6) is 0 Å². The van der Waals surface area contributed by atoms with Gasteiger partial charge in [-0.15, -0.1) is 12.4 Å². The zero-order chi connectivity index (χ0) is 5.98. The SMILES string of the molecule is C[C@@H](N)c1cnco1.Cl. The number of nitrogens with zero attached hydrogens (tertiary/aromatic N) is 1. The zero-order valence-corrected chi connectivity index (χ0v) is 5.89. The van der Waals surface area contributed by atoms with E-state index in [1.165, 1.54) is 6.39 Å². The predicted molar refractivity (Wildman–Crippen MR) is 36.4 cm³/mol. The maximum atomic E-state index is 5.42. The fourth-order valence-corrected chi connectivity index (χ4v) is 0.451. The van der Waals surface area contributed by atoms with E-state index < -0.39 is 0 Å². The Morgan fingerprint density at radius 3 is 2.67 bits per heavy atom. The van der Waals surface area contributed by atoms with Gasteiger partial charge in [0.05, 0.1) is 12.2 Å². The summed E-state index contributed by atoms with van der Waals surface area (Å²) in [5.41, 5.74) is 5.42. The van der Waals surface area contributed by atoms with Crippen LogP contribution >= 0.6 is 12.4 Å². The van der Waals surface area contributed by atoms with E-state index in [2.05, 4.69) is 4.98 Å². The van der Waals surface area contributed by atoms with Crippen LogP contribution in [0.3, 0.4) is 0 Å². The molecule has 9 heavy (non-hydrogen) atoms. The minimum atomic E-state index is -0.0440. The van der Waals surface area contributed by atoms with Gasteiger partial charge in [-0.05, 0) is 6.92 Å². The second-order valence-electron chi connectivity index (χ2n) is 1.69. The third-order valence-electron chi connectivity index (χ3n) is 0.900. The summed E-state index contributed by atoms with van der Waals surface area (Å²) in [5, 5.41) is 0. The Hall–Kier alpha value is -0.540.